The number of hydrogen-bond donors (Lipinski definition) is 0. The first-order valence-electron chi connectivity index (χ1n) is 7.02. The largest absolute Gasteiger partial charge is 0.297 e. The number of aromatic nitrogens is 2. The van der Waals surface area contributed by atoms with E-state index in [1.165, 1.54) is 5.56 Å². The molecule has 5 heteroatoms. The van der Waals surface area contributed by atoms with Crippen LogP contribution < -0.4 is 5.56 Å². The normalized spacial score (nSPS) is 11.4. The number of para-hydroxylation sites is 1. The molecule has 0 atom stereocenters. The van der Waals surface area contributed by atoms with Crippen LogP contribution in [0.5, 0.6) is 0 Å². The van der Waals surface area contributed by atoms with Crippen LogP contribution in [-0.2, 0) is 7.05 Å². The van der Waals surface area contributed by atoms with E-state index in [1.54, 1.807) is 22.2 Å². The minimum atomic E-state index is -0.100. The van der Waals surface area contributed by atoms with Gasteiger partial charge in [0, 0.05) is 18.1 Å². The number of hydrogen-bond acceptors (Lipinski definition) is 3. The Morgan fingerprint density at radius 3 is 2.50 bits per heavy atom. The zero-order chi connectivity index (χ0) is 15.7. The molecule has 0 unspecified atom stereocenters. The van der Waals surface area contributed by atoms with E-state index in [0.29, 0.717) is 5.69 Å². The third kappa shape index (κ3) is 2.44. The summed E-state index contributed by atoms with van der Waals surface area (Å²) in [6.45, 7) is 3.95. The van der Waals surface area contributed by atoms with Crippen molar-refractivity contribution < 1.29 is 0 Å². The second kappa shape index (κ2) is 5.77. The Morgan fingerprint density at radius 2 is 1.86 bits per heavy atom. The molecule has 112 valence electrons. The molecule has 3 aromatic rings. The van der Waals surface area contributed by atoms with Crippen LogP contribution in [0.4, 0.5) is 5.69 Å². The Morgan fingerprint density at radius 1 is 1.14 bits per heavy atom. The summed E-state index contributed by atoms with van der Waals surface area (Å²) in [5.41, 5.74) is 3.24. The molecule has 22 heavy (non-hydrogen) atoms. The Hall–Kier alpha value is -2.40. The quantitative estimate of drug-likeness (QED) is 0.681. The molecule has 0 bridgehead atoms. The van der Waals surface area contributed by atoms with Crippen molar-refractivity contribution in [1.29, 1.82) is 0 Å². The fourth-order valence-corrected chi connectivity index (χ4v) is 3.13. The van der Waals surface area contributed by atoms with Crippen LogP contribution in [0.15, 0.2) is 51.6 Å². The van der Waals surface area contributed by atoms with Crippen molar-refractivity contribution in [3.63, 3.8) is 0 Å². The highest BCUT2D eigenvalue weighted by atomic mass is 32.1. The lowest BCUT2D eigenvalue weighted by Crippen LogP contribution is -2.19. The lowest BCUT2D eigenvalue weighted by molar-refractivity contribution is 0.630. The number of rotatable bonds is 3. The van der Waals surface area contributed by atoms with Gasteiger partial charge >= 0.3 is 0 Å². The molecule has 0 aliphatic rings. The maximum atomic E-state index is 12.7. The van der Waals surface area contributed by atoms with Gasteiger partial charge in [-0.3, -0.25) is 9.48 Å². The summed E-state index contributed by atoms with van der Waals surface area (Å²) in [6, 6.07) is 11.6. The first-order chi connectivity index (χ1) is 10.6. The topological polar surface area (TPSA) is 39.3 Å². The van der Waals surface area contributed by atoms with Crippen LogP contribution in [0.25, 0.3) is 5.69 Å². The zero-order valence-corrected chi connectivity index (χ0v) is 13.6. The van der Waals surface area contributed by atoms with Gasteiger partial charge < -0.3 is 0 Å². The number of nitrogens with zero attached hydrogens (tertiary/aromatic N) is 3. The first-order valence-corrected chi connectivity index (χ1v) is 7.89. The van der Waals surface area contributed by atoms with Gasteiger partial charge in [-0.25, -0.2) is 9.67 Å². The molecule has 0 radical (unpaired) electrons. The maximum absolute atomic E-state index is 12.7. The van der Waals surface area contributed by atoms with Crippen molar-refractivity contribution in [2.24, 2.45) is 12.0 Å². The fourth-order valence-electron chi connectivity index (χ4n) is 2.34. The second-order valence-electron chi connectivity index (χ2n) is 5.14. The molecule has 0 fully saturated rings. The summed E-state index contributed by atoms with van der Waals surface area (Å²) < 4.78 is 3.48. The molecule has 4 nitrogen and oxygen atoms in total. The number of aliphatic imine (C=N–C) groups is 1. The van der Waals surface area contributed by atoms with Gasteiger partial charge in [-0.1, -0.05) is 18.2 Å². The van der Waals surface area contributed by atoms with Crippen molar-refractivity contribution in [1.82, 2.24) is 9.36 Å². The van der Waals surface area contributed by atoms with Crippen molar-refractivity contribution in [3.8, 4) is 5.69 Å². The molecule has 0 saturated carbocycles. The fraction of sp³-hybridized carbons (Fsp3) is 0.176. The molecule has 1 aromatic carbocycles. The van der Waals surface area contributed by atoms with E-state index < -0.39 is 0 Å². The van der Waals surface area contributed by atoms with Crippen molar-refractivity contribution in [2.45, 2.75) is 13.8 Å². The molecule has 2 heterocycles. The van der Waals surface area contributed by atoms with Crippen molar-refractivity contribution in [3.05, 3.63) is 68.3 Å². The van der Waals surface area contributed by atoms with Crippen LogP contribution in [-0.4, -0.2) is 15.6 Å². The minimum absolute atomic E-state index is 0.100. The SMILES string of the molecule is Cc1ccsc1C=Nc1c(C)n(C)n(-c2ccccc2)c1=O. The van der Waals surface area contributed by atoms with Crippen LogP contribution in [0, 0.1) is 13.8 Å². The van der Waals surface area contributed by atoms with Crippen molar-refractivity contribution in [2.75, 3.05) is 0 Å². The second-order valence-corrected chi connectivity index (χ2v) is 6.08. The standard InChI is InChI=1S/C17H17N3OS/c1-12-9-10-22-15(12)11-18-16-13(2)19(3)20(17(16)21)14-7-5-4-6-8-14/h4-11H,1-3H3. The Kier molecular flexibility index (Phi) is 3.81. The Balaban J connectivity index is 2.09. The van der Waals surface area contributed by atoms with Gasteiger partial charge in [-0.15, -0.1) is 11.3 Å². The average molecular weight is 311 g/mol. The van der Waals surface area contributed by atoms with E-state index in [1.807, 2.05) is 67.4 Å². The highest BCUT2D eigenvalue weighted by molar-refractivity contribution is 7.11. The summed E-state index contributed by atoms with van der Waals surface area (Å²) in [5.74, 6) is 0. The highest BCUT2D eigenvalue weighted by Crippen LogP contribution is 2.18. The third-order valence-corrected chi connectivity index (χ3v) is 4.69. The van der Waals surface area contributed by atoms with Crippen LogP contribution in [0.3, 0.4) is 0 Å². The molecule has 3 rings (SSSR count). The summed E-state index contributed by atoms with van der Waals surface area (Å²) >= 11 is 1.62. The molecular weight excluding hydrogens is 294 g/mol. The third-order valence-electron chi connectivity index (χ3n) is 3.74. The predicted octanol–water partition coefficient (Wildman–Crippen LogP) is 3.60. The van der Waals surface area contributed by atoms with Crippen LogP contribution in [0.1, 0.15) is 16.1 Å². The number of benzene rings is 1. The van der Waals surface area contributed by atoms with Gasteiger partial charge in [0.05, 0.1) is 11.4 Å². The van der Waals surface area contributed by atoms with E-state index in [-0.39, 0.29) is 5.56 Å². The molecule has 0 N–H and O–H groups in total. The van der Waals surface area contributed by atoms with Gasteiger partial charge in [-0.05, 0) is 43.0 Å². The lowest BCUT2D eigenvalue weighted by Gasteiger charge is -2.07. The minimum Gasteiger partial charge on any atom is -0.283 e. The monoisotopic (exact) mass is 311 g/mol. The molecule has 0 aliphatic carbocycles. The molecule has 0 saturated heterocycles. The van der Waals surface area contributed by atoms with Crippen molar-refractivity contribution >= 4 is 23.2 Å². The molecule has 0 amide bonds. The smallest absolute Gasteiger partial charge is 0.283 e. The molecule has 0 spiro atoms. The van der Waals surface area contributed by atoms with Gasteiger partial charge in [0.15, 0.2) is 5.69 Å². The lowest BCUT2D eigenvalue weighted by atomic mass is 10.3. The van der Waals surface area contributed by atoms with E-state index in [2.05, 4.69) is 4.99 Å². The van der Waals surface area contributed by atoms with Crippen LogP contribution >= 0.6 is 11.3 Å². The number of aryl methyl sites for hydroxylation is 1. The highest BCUT2D eigenvalue weighted by Gasteiger charge is 2.14. The Bertz CT molecular complexity index is 885. The molecule has 0 aliphatic heterocycles. The van der Waals surface area contributed by atoms with E-state index >= 15 is 0 Å². The van der Waals surface area contributed by atoms with E-state index in [9.17, 15) is 4.79 Å². The Labute approximate surface area is 133 Å². The summed E-state index contributed by atoms with van der Waals surface area (Å²) in [5, 5.41) is 2.02. The van der Waals surface area contributed by atoms with Gasteiger partial charge in [0.2, 0.25) is 0 Å². The van der Waals surface area contributed by atoms with E-state index in [0.717, 1.165) is 16.3 Å². The van der Waals surface area contributed by atoms with Gasteiger partial charge in [0.25, 0.3) is 5.56 Å². The van der Waals surface area contributed by atoms with Crippen LogP contribution in [0.2, 0.25) is 0 Å². The average Bonchev–Trinajstić information content (AvgIpc) is 3.01. The van der Waals surface area contributed by atoms with E-state index in [4.69, 9.17) is 0 Å². The predicted molar refractivity (Wildman–Crippen MR) is 92.1 cm³/mol. The molecular formula is C17H17N3OS. The van der Waals surface area contributed by atoms with Gasteiger partial charge in [0.1, 0.15) is 0 Å². The first kappa shape index (κ1) is 14.5. The maximum Gasteiger partial charge on any atom is 0.297 e. The van der Waals surface area contributed by atoms with Gasteiger partial charge in [-0.2, -0.15) is 0 Å². The number of thiophene rings is 1. The summed E-state index contributed by atoms with van der Waals surface area (Å²) in [4.78, 5) is 18.2. The zero-order valence-electron chi connectivity index (χ0n) is 12.8. The summed E-state index contributed by atoms with van der Waals surface area (Å²) in [7, 11) is 1.87. The summed E-state index contributed by atoms with van der Waals surface area (Å²) in [6.07, 6.45) is 1.78. The molecule has 2 aromatic heterocycles.